The molecule has 0 radical (unpaired) electrons. The average Bonchev–Trinajstić information content (AvgIpc) is 2.14. The summed E-state index contributed by atoms with van der Waals surface area (Å²) in [5.41, 5.74) is 5.31. The standard InChI is InChI=1S/C8H19N3O2S2/c1-2-6-10-15(12,13)11-7-4-3-5-8(9)14/h10-11H,2-7H2,1H3,(H2,9,14). The van der Waals surface area contributed by atoms with Crippen molar-refractivity contribution < 1.29 is 8.42 Å². The normalized spacial score (nSPS) is 11.5. The van der Waals surface area contributed by atoms with E-state index in [-0.39, 0.29) is 0 Å². The van der Waals surface area contributed by atoms with Crippen molar-refractivity contribution in [2.24, 2.45) is 5.73 Å². The summed E-state index contributed by atoms with van der Waals surface area (Å²) in [4.78, 5) is 0.474. The molecule has 0 saturated carbocycles. The quantitative estimate of drug-likeness (QED) is 0.407. The minimum atomic E-state index is -3.31. The molecule has 0 saturated heterocycles. The lowest BCUT2D eigenvalue weighted by Gasteiger charge is -2.06. The van der Waals surface area contributed by atoms with E-state index in [4.69, 9.17) is 18.0 Å². The largest absolute Gasteiger partial charge is 0.393 e. The molecule has 0 unspecified atom stereocenters. The van der Waals surface area contributed by atoms with E-state index in [1.165, 1.54) is 0 Å². The molecule has 4 N–H and O–H groups in total. The predicted octanol–water partition coefficient (Wildman–Crippen LogP) is 0.277. The van der Waals surface area contributed by atoms with Crippen molar-refractivity contribution in [3.05, 3.63) is 0 Å². The Labute approximate surface area is 97.0 Å². The monoisotopic (exact) mass is 253 g/mol. The van der Waals surface area contributed by atoms with Crippen LogP contribution in [-0.2, 0) is 10.2 Å². The summed E-state index contributed by atoms with van der Waals surface area (Å²) >= 11 is 4.70. The summed E-state index contributed by atoms with van der Waals surface area (Å²) in [6.07, 6.45) is 3.00. The lowest BCUT2D eigenvalue weighted by atomic mass is 10.2. The Morgan fingerprint density at radius 3 is 2.40 bits per heavy atom. The molecule has 0 aromatic carbocycles. The number of hydrogen-bond acceptors (Lipinski definition) is 3. The van der Waals surface area contributed by atoms with Crippen LogP contribution in [0.5, 0.6) is 0 Å². The summed E-state index contributed by atoms with van der Waals surface area (Å²) in [7, 11) is -3.31. The Morgan fingerprint density at radius 2 is 1.87 bits per heavy atom. The molecule has 90 valence electrons. The van der Waals surface area contributed by atoms with Crippen molar-refractivity contribution in [3.63, 3.8) is 0 Å². The fraction of sp³-hybridized carbons (Fsp3) is 0.875. The summed E-state index contributed by atoms with van der Waals surface area (Å²) in [5, 5.41) is 0. The van der Waals surface area contributed by atoms with Crippen LogP contribution in [0.1, 0.15) is 32.6 Å². The first-order chi connectivity index (χ1) is 6.98. The van der Waals surface area contributed by atoms with Gasteiger partial charge < -0.3 is 5.73 Å². The van der Waals surface area contributed by atoms with E-state index in [9.17, 15) is 8.42 Å². The first-order valence-electron chi connectivity index (χ1n) is 5.00. The topological polar surface area (TPSA) is 84.2 Å². The van der Waals surface area contributed by atoms with Crippen LogP contribution in [0.2, 0.25) is 0 Å². The second kappa shape index (κ2) is 7.98. The zero-order chi connectivity index (χ0) is 11.7. The van der Waals surface area contributed by atoms with Crippen molar-refractivity contribution in [1.29, 1.82) is 0 Å². The van der Waals surface area contributed by atoms with Crippen LogP contribution >= 0.6 is 12.2 Å². The molecule has 0 aliphatic carbocycles. The van der Waals surface area contributed by atoms with Gasteiger partial charge in [-0.1, -0.05) is 19.1 Å². The summed E-state index contributed by atoms with van der Waals surface area (Å²) in [5.74, 6) is 0. The molecular formula is C8H19N3O2S2. The molecule has 0 fully saturated rings. The third-order valence-corrected chi connectivity index (χ3v) is 3.06. The van der Waals surface area contributed by atoms with Gasteiger partial charge in [0.15, 0.2) is 0 Å². The lowest BCUT2D eigenvalue weighted by Crippen LogP contribution is -2.37. The van der Waals surface area contributed by atoms with E-state index in [0.717, 1.165) is 19.3 Å². The van der Waals surface area contributed by atoms with Gasteiger partial charge >= 0.3 is 0 Å². The molecule has 0 aliphatic heterocycles. The van der Waals surface area contributed by atoms with Crippen LogP contribution in [0.15, 0.2) is 0 Å². The third kappa shape index (κ3) is 10.1. The fourth-order valence-electron chi connectivity index (χ4n) is 0.918. The molecule has 0 aliphatic rings. The first kappa shape index (κ1) is 14.8. The highest BCUT2D eigenvalue weighted by Gasteiger charge is 2.06. The molecule has 0 atom stereocenters. The van der Waals surface area contributed by atoms with Crippen LogP contribution in [-0.4, -0.2) is 26.5 Å². The molecule has 0 bridgehead atoms. The minimum Gasteiger partial charge on any atom is -0.393 e. The summed E-state index contributed by atoms with van der Waals surface area (Å²) < 4.78 is 27.3. The Kier molecular flexibility index (Phi) is 7.85. The number of nitrogens with two attached hydrogens (primary N) is 1. The van der Waals surface area contributed by atoms with Crippen LogP contribution in [0, 0.1) is 0 Å². The maximum absolute atomic E-state index is 11.2. The molecule has 0 rings (SSSR count). The van der Waals surface area contributed by atoms with Gasteiger partial charge in [0.05, 0.1) is 4.99 Å². The van der Waals surface area contributed by atoms with E-state index >= 15 is 0 Å². The highest BCUT2D eigenvalue weighted by molar-refractivity contribution is 7.87. The van der Waals surface area contributed by atoms with E-state index in [1.807, 2.05) is 6.92 Å². The Hall–Kier alpha value is -0.240. The molecule has 0 aromatic heterocycles. The smallest absolute Gasteiger partial charge is 0.276 e. The molecule has 15 heavy (non-hydrogen) atoms. The highest BCUT2D eigenvalue weighted by atomic mass is 32.2. The zero-order valence-corrected chi connectivity index (χ0v) is 10.6. The number of hydrogen-bond donors (Lipinski definition) is 3. The van der Waals surface area contributed by atoms with Crippen molar-refractivity contribution in [2.75, 3.05) is 13.1 Å². The molecule has 0 heterocycles. The maximum Gasteiger partial charge on any atom is 0.276 e. The molecule has 7 heteroatoms. The van der Waals surface area contributed by atoms with Gasteiger partial charge in [0.25, 0.3) is 10.2 Å². The zero-order valence-electron chi connectivity index (χ0n) is 8.95. The van der Waals surface area contributed by atoms with Crippen LogP contribution in [0.25, 0.3) is 0 Å². The summed E-state index contributed by atoms with van der Waals surface area (Å²) in [6.45, 7) is 2.79. The number of rotatable bonds is 9. The van der Waals surface area contributed by atoms with Crippen LogP contribution in [0.3, 0.4) is 0 Å². The SMILES string of the molecule is CCCNS(=O)(=O)NCCCCC(N)=S. The minimum absolute atomic E-state index is 0.418. The van der Waals surface area contributed by atoms with Crippen LogP contribution < -0.4 is 15.2 Å². The lowest BCUT2D eigenvalue weighted by molar-refractivity contribution is 0.562. The molecule has 0 amide bonds. The Bertz CT molecular complexity index is 278. The second-order valence-electron chi connectivity index (χ2n) is 3.22. The molecule has 0 spiro atoms. The van der Waals surface area contributed by atoms with E-state index in [0.29, 0.717) is 24.5 Å². The average molecular weight is 253 g/mol. The van der Waals surface area contributed by atoms with Gasteiger partial charge in [-0.2, -0.15) is 8.42 Å². The predicted molar refractivity (Wildman–Crippen MR) is 65.9 cm³/mol. The molecule has 0 aromatic rings. The number of thiocarbonyl (C=S) groups is 1. The number of unbranched alkanes of at least 4 members (excludes halogenated alkanes) is 1. The van der Waals surface area contributed by atoms with Gasteiger partial charge in [-0.25, -0.2) is 9.44 Å². The van der Waals surface area contributed by atoms with Gasteiger partial charge in [0.1, 0.15) is 0 Å². The summed E-state index contributed by atoms with van der Waals surface area (Å²) in [6, 6.07) is 0. The van der Waals surface area contributed by atoms with Crippen molar-refractivity contribution in [2.45, 2.75) is 32.6 Å². The Balaban J connectivity index is 3.53. The first-order valence-corrected chi connectivity index (χ1v) is 6.89. The molecular weight excluding hydrogens is 234 g/mol. The van der Waals surface area contributed by atoms with Crippen LogP contribution in [0.4, 0.5) is 0 Å². The number of nitrogens with one attached hydrogen (secondary N) is 2. The van der Waals surface area contributed by atoms with Gasteiger partial charge in [0, 0.05) is 13.1 Å². The highest BCUT2D eigenvalue weighted by Crippen LogP contribution is 1.94. The van der Waals surface area contributed by atoms with E-state index in [2.05, 4.69) is 9.44 Å². The fourth-order valence-corrected chi connectivity index (χ4v) is 2.05. The van der Waals surface area contributed by atoms with Crippen molar-refractivity contribution in [1.82, 2.24) is 9.44 Å². The van der Waals surface area contributed by atoms with Gasteiger partial charge in [-0.15, -0.1) is 0 Å². The second-order valence-corrected chi connectivity index (χ2v) is 5.32. The van der Waals surface area contributed by atoms with Gasteiger partial charge in [-0.3, -0.25) is 0 Å². The molecule has 5 nitrogen and oxygen atoms in total. The maximum atomic E-state index is 11.2. The third-order valence-electron chi connectivity index (χ3n) is 1.68. The van der Waals surface area contributed by atoms with E-state index < -0.39 is 10.2 Å². The van der Waals surface area contributed by atoms with Crippen molar-refractivity contribution in [3.8, 4) is 0 Å². The van der Waals surface area contributed by atoms with E-state index in [1.54, 1.807) is 0 Å². The van der Waals surface area contributed by atoms with Crippen molar-refractivity contribution >= 4 is 27.4 Å². The van der Waals surface area contributed by atoms with Gasteiger partial charge in [-0.05, 0) is 25.7 Å². The Morgan fingerprint density at radius 1 is 1.27 bits per heavy atom. The van der Waals surface area contributed by atoms with Gasteiger partial charge in [0.2, 0.25) is 0 Å².